The molecule has 0 aromatic carbocycles. The number of hydrogen-bond acceptors (Lipinski definition) is 3. The highest BCUT2D eigenvalue weighted by Gasteiger charge is 2.25. The molecule has 120 valence electrons. The molecular formula is C16H29ClN4. The third-order valence-corrected chi connectivity index (χ3v) is 4.97. The van der Waals surface area contributed by atoms with Crippen LogP contribution in [0.25, 0.3) is 0 Å². The second-order valence-corrected chi connectivity index (χ2v) is 6.36. The van der Waals surface area contributed by atoms with E-state index in [1.807, 2.05) is 6.20 Å². The van der Waals surface area contributed by atoms with Gasteiger partial charge in [0.15, 0.2) is 0 Å². The van der Waals surface area contributed by atoms with Gasteiger partial charge in [-0.1, -0.05) is 0 Å². The van der Waals surface area contributed by atoms with Crippen LogP contribution in [0.2, 0.25) is 0 Å². The molecule has 1 atom stereocenters. The molecule has 2 aliphatic rings. The Morgan fingerprint density at radius 3 is 2.76 bits per heavy atom. The van der Waals surface area contributed by atoms with Crippen LogP contribution in [0.4, 0.5) is 0 Å². The van der Waals surface area contributed by atoms with Crippen molar-refractivity contribution in [3.05, 3.63) is 18.0 Å². The van der Waals surface area contributed by atoms with Gasteiger partial charge in [0.05, 0.1) is 0 Å². The highest BCUT2D eigenvalue weighted by molar-refractivity contribution is 5.85. The normalized spacial score (nSPS) is 24.7. The fraction of sp³-hybridized carbons (Fsp3) is 0.812. The quantitative estimate of drug-likeness (QED) is 0.927. The summed E-state index contributed by atoms with van der Waals surface area (Å²) in [4.78, 5) is 2.68. The van der Waals surface area contributed by atoms with E-state index in [9.17, 15) is 0 Å². The van der Waals surface area contributed by atoms with Crippen molar-refractivity contribution in [2.75, 3.05) is 32.7 Å². The first-order chi connectivity index (χ1) is 9.86. The smallest absolute Gasteiger partial charge is 0.0492 e. The molecule has 2 fully saturated rings. The van der Waals surface area contributed by atoms with E-state index in [1.54, 1.807) is 0 Å². The van der Waals surface area contributed by atoms with Crippen LogP contribution in [0.1, 0.15) is 44.2 Å². The Morgan fingerprint density at radius 2 is 2.10 bits per heavy atom. The maximum Gasteiger partial charge on any atom is 0.0492 e. The fourth-order valence-electron chi connectivity index (χ4n) is 3.81. The van der Waals surface area contributed by atoms with Crippen molar-refractivity contribution in [2.24, 2.45) is 5.92 Å². The van der Waals surface area contributed by atoms with Crippen LogP contribution in [0.15, 0.2) is 12.3 Å². The second-order valence-electron chi connectivity index (χ2n) is 6.36. The van der Waals surface area contributed by atoms with Gasteiger partial charge in [0.25, 0.3) is 0 Å². The second kappa shape index (κ2) is 8.16. The molecule has 4 nitrogen and oxygen atoms in total. The van der Waals surface area contributed by atoms with E-state index in [4.69, 9.17) is 0 Å². The predicted molar refractivity (Wildman–Crippen MR) is 89.2 cm³/mol. The van der Waals surface area contributed by atoms with Crippen LogP contribution in [0.5, 0.6) is 0 Å². The van der Waals surface area contributed by atoms with Crippen LogP contribution in [0, 0.1) is 5.92 Å². The van der Waals surface area contributed by atoms with Crippen molar-refractivity contribution in [1.29, 1.82) is 0 Å². The van der Waals surface area contributed by atoms with Crippen molar-refractivity contribution in [1.82, 2.24) is 20.0 Å². The van der Waals surface area contributed by atoms with E-state index in [0.29, 0.717) is 0 Å². The molecule has 3 rings (SSSR count). The summed E-state index contributed by atoms with van der Waals surface area (Å²) in [6.45, 7) is 9.44. The van der Waals surface area contributed by atoms with E-state index in [-0.39, 0.29) is 12.4 Å². The summed E-state index contributed by atoms with van der Waals surface area (Å²) in [5.74, 6) is 1.60. The lowest BCUT2D eigenvalue weighted by atomic mass is 9.92. The molecule has 0 saturated carbocycles. The molecule has 0 spiro atoms. The molecule has 2 aliphatic heterocycles. The van der Waals surface area contributed by atoms with E-state index < -0.39 is 0 Å². The van der Waals surface area contributed by atoms with Gasteiger partial charge < -0.3 is 10.2 Å². The average Bonchev–Trinajstić information content (AvgIpc) is 2.98. The molecule has 0 amide bonds. The van der Waals surface area contributed by atoms with Gasteiger partial charge in [0.1, 0.15) is 0 Å². The molecule has 5 heteroatoms. The molecule has 1 aromatic heterocycles. The van der Waals surface area contributed by atoms with Crippen molar-refractivity contribution in [2.45, 2.75) is 45.1 Å². The van der Waals surface area contributed by atoms with E-state index in [0.717, 1.165) is 18.4 Å². The summed E-state index contributed by atoms with van der Waals surface area (Å²) in [5.41, 5.74) is 1.45. The zero-order chi connectivity index (χ0) is 13.8. The monoisotopic (exact) mass is 312 g/mol. The summed E-state index contributed by atoms with van der Waals surface area (Å²) in [7, 11) is 0. The van der Waals surface area contributed by atoms with Crippen molar-refractivity contribution >= 4 is 12.4 Å². The molecule has 0 bridgehead atoms. The number of likely N-dealkylation sites (tertiary alicyclic amines) is 1. The lowest BCUT2D eigenvalue weighted by molar-refractivity contribution is 0.167. The molecule has 1 unspecified atom stereocenters. The molecule has 1 aromatic rings. The number of halogens is 1. The van der Waals surface area contributed by atoms with Gasteiger partial charge in [-0.3, -0.25) is 4.68 Å². The van der Waals surface area contributed by atoms with Crippen LogP contribution < -0.4 is 5.32 Å². The fourth-order valence-corrected chi connectivity index (χ4v) is 3.81. The molecule has 0 aliphatic carbocycles. The van der Waals surface area contributed by atoms with Gasteiger partial charge >= 0.3 is 0 Å². The summed E-state index contributed by atoms with van der Waals surface area (Å²) >= 11 is 0. The number of aryl methyl sites for hydroxylation is 1. The maximum absolute atomic E-state index is 4.42. The zero-order valence-electron chi connectivity index (χ0n) is 13.1. The molecule has 2 saturated heterocycles. The average molecular weight is 313 g/mol. The third kappa shape index (κ3) is 4.21. The SMILES string of the molecule is CCn1nccc1C1CCN(CC2CCCNC2)CC1.Cl. The minimum atomic E-state index is 0. The number of hydrogen-bond donors (Lipinski definition) is 1. The Morgan fingerprint density at radius 1 is 1.29 bits per heavy atom. The zero-order valence-corrected chi connectivity index (χ0v) is 13.9. The Balaban J connectivity index is 0.00000161. The molecule has 21 heavy (non-hydrogen) atoms. The molecule has 3 heterocycles. The maximum atomic E-state index is 4.42. The predicted octanol–water partition coefficient (Wildman–Crippen LogP) is 2.50. The van der Waals surface area contributed by atoms with E-state index >= 15 is 0 Å². The topological polar surface area (TPSA) is 33.1 Å². The first kappa shape index (κ1) is 16.8. The van der Waals surface area contributed by atoms with Gasteiger partial charge in [0, 0.05) is 30.9 Å². The van der Waals surface area contributed by atoms with Crippen LogP contribution >= 0.6 is 12.4 Å². The number of nitrogens with one attached hydrogen (secondary N) is 1. The summed E-state index contributed by atoms with van der Waals surface area (Å²) in [5, 5.41) is 7.95. The van der Waals surface area contributed by atoms with Crippen LogP contribution in [-0.4, -0.2) is 47.4 Å². The van der Waals surface area contributed by atoms with Gasteiger partial charge in [-0.25, -0.2) is 0 Å². The molecular weight excluding hydrogens is 284 g/mol. The molecule has 0 radical (unpaired) electrons. The standard InChI is InChI=1S/C16H28N4.ClH/c1-2-20-16(5-9-18-20)15-6-10-19(11-7-15)13-14-4-3-8-17-12-14;/h5,9,14-15,17H,2-4,6-8,10-13H2,1H3;1H. The largest absolute Gasteiger partial charge is 0.316 e. The van der Waals surface area contributed by atoms with Crippen molar-refractivity contribution in [3.63, 3.8) is 0 Å². The van der Waals surface area contributed by atoms with E-state index in [2.05, 4.69) is 33.0 Å². The Bertz CT molecular complexity index is 406. The minimum absolute atomic E-state index is 0. The van der Waals surface area contributed by atoms with E-state index in [1.165, 1.54) is 64.1 Å². The van der Waals surface area contributed by atoms with Gasteiger partial charge in [-0.2, -0.15) is 5.10 Å². The number of nitrogens with zero attached hydrogens (tertiary/aromatic N) is 3. The number of aromatic nitrogens is 2. The lowest BCUT2D eigenvalue weighted by Crippen LogP contribution is -2.41. The first-order valence-electron chi connectivity index (χ1n) is 8.31. The lowest BCUT2D eigenvalue weighted by Gasteiger charge is -2.35. The minimum Gasteiger partial charge on any atom is -0.316 e. The van der Waals surface area contributed by atoms with Gasteiger partial charge in [-0.05, 0) is 70.8 Å². The third-order valence-electron chi connectivity index (χ3n) is 4.97. The Labute approximate surface area is 134 Å². The summed E-state index contributed by atoms with van der Waals surface area (Å²) < 4.78 is 2.17. The number of piperidine rings is 2. The van der Waals surface area contributed by atoms with Crippen molar-refractivity contribution < 1.29 is 0 Å². The summed E-state index contributed by atoms with van der Waals surface area (Å²) in [6.07, 6.45) is 7.32. The number of rotatable bonds is 4. The highest BCUT2D eigenvalue weighted by atomic mass is 35.5. The van der Waals surface area contributed by atoms with Gasteiger partial charge in [0.2, 0.25) is 0 Å². The van der Waals surface area contributed by atoms with Crippen molar-refractivity contribution in [3.8, 4) is 0 Å². The Hall–Kier alpha value is -0.580. The van der Waals surface area contributed by atoms with Crippen LogP contribution in [0.3, 0.4) is 0 Å². The van der Waals surface area contributed by atoms with Crippen LogP contribution in [-0.2, 0) is 6.54 Å². The highest BCUT2D eigenvalue weighted by Crippen LogP contribution is 2.28. The molecule has 1 N–H and O–H groups in total. The van der Waals surface area contributed by atoms with Gasteiger partial charge in [-0.15, -0.1) is 12.4 Å². The Kier molecular flexibility index (Phi) is 6.52. The first-order valence-corrected chi connectivity index (χ1v) is 8.31. The summed E-state index contributed by atoms with van der Waals surface area (Å²) in [6, 6.07) is 2.22.